The van der Waals surface area contributed by atoms with Crippen molar-refractivity contribution in [3.8, 4) is 0 Å². The Labute approximate surface area is 91.2 Å². The van der Waals surface area contributed by atoms with Gasteiger partial charge in [-0.05, 0) is 24.7 Å². The molecule has 0 radical (unpaired) electrons. The summed E-state index contributed by atoms with van der Waals surface area (Å²) >= 11 is 0. The van der Waals surface area contributed by atoms with Crippen LogP contribution in [0.1, 0.15) is 40.0 Å². The molecule has 1 atom stereocenters. The normalized spacial score (nSPS) is 20.9. The topological polar surface area (TPSA) is 75.3 Å². The number of hydrogen-bond acceptors (Lipinski definition) is 3. The SMILES string of the molecule is CC(C)(C)C(CCO)NC(=O)C1(N)CC1. The Morgan fingerprint density at radius 1 is 1.53 bits per heavy atom. The largest absolute Gasteiger partial charge is 0.396 e. The molecular formula is C11H22N2O2. The molecule has 1 amide bonds. The van der Waals surface area contributed by atoms with E-state index >= 15 is 0 Å². The van der Waals surface area contributed by atoms with Crippen LogP contribution in [0.2, 0.25) is 0 Å². The zero-order valence-corrected chi connectivity index (χ0v) is 9.84. The zero-order valence-electron chi connectivity index (χ0n) is 9.84. The molecule has 0 bridgehead atoms. The molecule has 1 unspecified atom stereocenters. The summed E-state index contributed by atoms with van der Waals surface area (Å²) in [5, 5.41) is 11.9. The van der Waals surface area contributed by atoms with E-state index in [1.165, 1.54) is 0 Å². The first-order valence-corrected chi connectivity index (χ1v) is 5.50. The third kappa shape index (κ3) is 3.18. The summed E-state index contributed by atoms with van der Waals surface area (Å²) in [7, 11) is 0. The Morgan fingerprint density at radius 3 is 2.40 bits per heavy atom. The molecule has 1 saturated carbocycles. The number of nitrogens with two attached hydrogens (primary N) is 1. The van der Waals surface area contributed by atoms with Crippen LogP contribution in [0.3, 0.4) is 0 Å². The molecule has 4 N–H and O–H groups in total. The van der Waals surface area contributed by atoms with Gasteiger partial charge in [-0.3, -0.25) is 4.79 Å². The van der Waals surface area contributed by atoms with Crippen molar-refractivity contribution in [3.63, 3.8) is 0 Å². The molecule has 0 spiro atoms. The number of aliphatic hydroxyl groups is 1. The summed E-state index contributed by atoms with van der Waals surface area (Å²) < 4.78 is 0. The van der Waals surface area contributed by atoms with Gasteiger partial charge in [-0.2, -0.15) is 0 Å². The lowest BCUT2D eigenvalue weighted by atomic mass is 9.84. The fourth-order valence-electron chi connectivity index (χ4n) is 1.51. The molecular weight excluding hydrogens is 192 g/mol. The minimum Gasteiger partial charge on any atom is -0.396 e. The molecule has 0 aromatic rings. The molecule has 4 nitrogen and oxygen atoms in total. The number of nitrogens with one attached hydrogen (secondary N) is 1. The summed E-state index contributed by atoms with van der Waals surface area (Å²) in [5.74, 6) is -0.0733. The second-order valence-electron chi connectivity index (χ2n) is 5.56. The lowest BCUT2D eigenvalue weighted by Crippen LogP contribution is -2.51. The van der Waals surface area contributed by atoms with Crippen LogP contribution in [-0.4, -0.2) is 29.2 Å². The van der Waals surface area contributed by atoms with E-state index in [1.807, 2.05) is 20.8 Å². The Bertz CT molecular complexity index is 241. The third-order valence-corrected chi connectivity index (χ3v) is 3.01. The molecule has 88 valence electrons. The van der Waals surface area contributed by atoms with E-state index in [0.717, 1.165) is 12.8 Å². The van der Waals surface area contributed by atoms with E-state index in [-0.39, 0.29) is 24.0 Å². The number of amides is 1. The summed E-state index contributed by atoms with van der Waals surface area (Å²) in [6.07, 6.45) is 2.12. The molecule has 0 aromatic heterocycles. The number of carbonyl (C=O) groups excluding carboxylic acids is 1. The first-order valence-electron chi connectivity index (χ1n) is 5.50. The van der Waals surface area contributed by atoms with Crippen molar-refractivity contribution in [2.75, 3.05) is 6.61 Å². The second kappa shape index (κ2) is 4.10. The van der Waals surface area contributed by atoms with Gasteiger partial charge >= 0.3 is 0 Å². The van der Waals surface area contributed by atoms with Gasteiger partial charge < -0.3 is 16.2 Å². The molecule has 1 aliphatic carbocycles. The maximum absolute atomic E-state index is 11.7. The summed E-state index contributed by atoms with van der Waals surface area (Å²) in [6.45, 7) is 6.22. The zero-order chi connectivity index (χ0) is 11.7. The molecule has 1 aliphatic rings. The van der Waals surface area contributed by atoms with E-state index in [2.05, 4.69) is 5.32 Å². The van der Waals surface area contributed by atoms with Gasteiger partial charge in [-0.1, -0.05) is 20.8 Å². The molecule has 0 heterocycles. The van der Waals surface area contributed by atoms with Crippen molar-refractivity contribution < 1.29 is 9.90 Å². The highest BCUT2D eigenvalue weighted by Gasteiger charge is 2.47. The van der Waals surface area contributed by atoms with Gasteiger partial charge in [0.2, 0.25) is 5.91 Å². The maximum atomic E-state index is 11.7. The van der Waals surface area contributed by atoms with E-state index in [1.54, 1.807) is 0 Å². The van der Waals surface area contributed by atoms with Gasteiger partial charge in [0.25, 0.3) is 0 Å². The molecule has 1 rings (SSSR count). The average molecular weight is 214 g/mol. The number of aliphatic hydroxyl groups excluding tert-OH is 1. The minimum atomic E-state index is -0.626. The van der Waals surface area contributed by atoms with E-state index in [4.69, 9.17) is 10.8 Å². The van der Waals surface area contributed by atoms with Crippen LogP contribution < -0.4 is 11.1 Å². The molecule has 0 aromatic carbocycles. The van der Waals surface area contributed by atoms with Crippen LogP contribution in [-0.2, 0) is 4.79 Å². The Morgan fingerprint density at radius 2 is 2.07 bits per heavy atom. The first-order chi connectivity index (χ1) is 6.79. The highest BCUT2D eigenvalue weighted by atomic mass is 16.3. The number of hydrogen-bond donors (Lipinski definition) is 3. The van der Waals surface area contributed by atoms with Gasteiger partial charge in [0.1, 0.15) is 0 Å². The van der Waals surface area contributed by atoms with Crippen LogP contribution >= 0.6 is 0 Å². The smallest absolute Gasteiger partial charge is 0.240 e. The predicted molar refractivity (Wildman–Crippen MR) is 59.2 cm³/mol. The van der Waals surface area contributed by atoms with E-state index in [0.29, 0.717) is 6.42 Å². The van der Waals surface area contributed by atoms with Crippen LogP contribution in [0.4, 0.5) is 0 Å². The lowest BCUT2D eigenvalue weighted by Gasteiger charge is -2.32. The van der Waals surface area contributed by atoms with Gasteiger partial charge in [0, 0.05) is 12.6 Å². The van der Waals surface area contributed by atoms with E-state index < -0.39 is 5.54 Å². The quantitative estimate of drug-likeness (QED) is 0.633. The fraction of sp³-hybridized carbons (Fsp3) is 0.909. The predicted octanol–water partition coefficient (Wildman–Crippen LogP) is 0.391. The van der Waals surface area contributed by atoms with Crippen LogP contribution in [0, 0.1) is 5.41 Å². The average Bonchev–Trinajstić information content (AvgIpc) is 2.82. The summed E-state index contributed by atoms with van der Waals surface area (Å²) in [6, 6.07) is -0.0176. The molecule has 0 saturated heterocycles. The van der Waals surface area contributed by atoms with Gasteiger partial charge in [-0.25, -0.2) is 0 Å². The fourth-order valence-corrected chi connectivity index (χ4v) is 1.51. The Hall–Kier alpha value is -0.610. The summed E-state index contributed by atoms with van der Waals surface area (Å²) in [5.41, 5.74) is 5.13. The Balaban J connectivity index is 2.55. The maximum Gasteiger partial charge on any atom is 0.240 e. The van der Waals surface area contributed by atoms with Crippen molar-refractivity contribution in [1.29, 1.82) is 0 Å². The van der Waals surface area contributed by atoms with Crippen LogP contribution in [0.5, 0.6) is 0 Å². The van der Waals surface area contributed by atoms with Crippen LogP contribution in [0.15, 0.2) is 0 Å². The Kier molecular flexibility index (Phi) is 3.41. The molecule has 1 fully saturated rings. The van der Waals surface area contributed by atoms with E-state index in [9.17, 15) is 4.79 Å². The van der Waals surface area contributed by atoms with Crippen molar-refractivity contribution in [2.45, 2.75) is 51.6 Å². The molecule has 15 heavy (non-hydrogen) atoms. The van der Waals surface area contributed by atoms with Crippen molar-refractivity contribution in [1.82, 2.24) is 5.32 Å². The first kappa shape index (κ1) is 12.5. The summed E-state index contributed by atoms with van der Waals surface area (Å²) in [4.78, 5) is 11.7. The second-order valence-corrected chi connectivity index (χ2v) is 5.56. The van der Waals surface area contributed by atoms with Gasteiger partial charge in [-0.15, -0.1) is 0 Å². The van der Waals surface area contributed by atoms with Crippen molar-refractivity contribution >= 4 is 5.91 Å². The molecule has 4 heteroatoms. The van der Waals surface area contributed by atoms with Crippen molar-refractivity contribution in [2.24, 2.45) is 11.1 Å². The molecule has 0 aliphatic heterocycles. The highest BCUT2D eigenvalue weighted by molar-refractivity contribution is 5.89. The minimum absolute atomic E-state index is 0.0176. The van der Waals surface area contributed by atoms with Crippen LogP contribution in [0.25, 0.3) is 0 Å². The number of rotatable bonds is 4. The standard InChI is InChI=1S/C11H22N2O2/c1-10(2,3)8(4-7-14)13-9(15)11(12)5-6-11/h8,14H,4-7,12H2,1-3H3,(H,13,15). The highest BCUT2D eigenvalue weighted by Crippen LogP contribution is 2.33. The third-order valence-electron chi connectivity index (χ3n) is 3.01. The van der Waals surface area contributed by atoms with Crippen molar-refractivity contribution in [3.05, 3.63) is 0 Å². The van der Waals surface area contributed by atoms with Gasteiger partial charge in [0.05, 0.1) is 5.54 Å². The monoisotopic (exact) mass is 214 g/mol. The van der Waals surface area contributed by atoms with Gasteiger partial charge in [0.15, 0.2) is 0 Å². The lowest BCUT2D eigenvalue weighted by molar-refractivity contribution is -0.124. The number of carbonyl (C=O) groups is 1.